The minimum absolute atomic E-state index is 0.0965. The summed E-state index contributed by atoms with van der Waals surface area (Å²) in [6.45, 7) is 1.86. The van der Waals surface area contributed by atoms with Crippen LogP contribution in [0.3, 0.4) is 0 Å². The molecule has 0 radical (unpaired) electrons. The molecule has 1 heterocycles. The number of benzene rings is 1. The van der Waals surface area contributed by atoms with Crippen molar-refractivity contribution in [3.8, 4) is 11.4 Å². The molecule has 0 spiro atoms. The number of esters is 1. The molecule has 0 amide bonds. The van der Waals surface area contributed by atoms with Crippen molar-refractivity contribution in [3.63, 3.8) is 0 Å². The van der Waals surface area contributed by atoms with Crippen LogP contribution in [0.4, 0.5) is 13.2 Å². The number of halogens is 3. The third kappa shape index (κ3) is 2.98. The number of alkyl halides is 3. The Balaban J connectivity index is 2.31. The molecule has 0 aliphatic carbocycles. The molecule has 0 bridgehead atoms. The van der Waals surface area contributed by atoms with E-state index in [0.29, 0.717) is 0 Å². The molecular formula is C13H11F3N2O2. The van der Waals surface area contributed by atoms with Crippen LogP contribution in [0.25, 0.3) is 11.4 Å². The Bertz CT molecular complexity index is 620. The Morgan fingerprint density at radius 3 is 2.80 bits per heavy atom. The van der Waals surface area contributed by atoms with Crippen molar-refractivity contribution in [2.24, 2.45) is 0 Å². The molecule has 0 unspecified atom stereocenters. The van der Waals surface area contributed by atoms with Crippen molar-refractivity contribution in [1.82, 2.24) is 9.97 Å². The van der Waals surface area contributed by atoms with Gasteiger partial charge in [-0.3, -0.25) is 0 Å². The SMILES string of the molecule is CCOC(=O)c1cnc(-c2cccc(C(F)(F)F)c2)[nH]1. The lowest BCUT2D eigenvalue weighted by molar-refractivity contribution is -0.137. The van der Waals surface area contributed by atoms with Gasteiger partial charge in [0, 0.05) is 5.56 Å². The van der Waals surface area contributed by atoms with E-state index in [-0.39, 0.29) is 23.7 Å². The number of aromatic nitrogens is 2. The van der Waals surface area contributed by atoms with Gasteiger partial charge in [0.1, 0.15) is 11.5 Å². The van der Waals surface area contributed by atoms with E-state index >= 15 is 0 Å². The fourth-order valence-corrected chi connectivity index (χ4v) is 1.62. The molecule has 20 heavy (non-hydrogen) atoms. The Morgan fingerprint density at radius 1 is 1.40 bits per heavy atom. The van der Waals surface area contributed by atoms with Gasteiger partial charge in [-0.25, -0.2) is 9.78 Å². The maximum absolute atomic E-state index is 12.6. The molecule has 0 saturated carbocycles. The van der Waals surface area contributed by atoms with Crippen LogP contribution in [0.1, 0.15) is 23.0 Å². The van der Waals surface area contributed by atoms with Crippen molar-refractivity contribution >= 4 is 5.97 Å². The van der Waals surface area contributed by atoms with E-state index in [4.69, 9.17) is 4.74 Å². The molecule has 4 nitrogen and oxygen atoms in total. The van der Waals surface area contributed by atoms with Gasteiger partial charge in [0.15, 0.2) is 0 Å². The van der Waals surface area contributed by atoms with Gasteiger partial charge in [-0.05, 0) is 19.1 Å². The molecule has 0 saturated heterocycles. The van der Waals surface area contributed by atoms with E-state index in [9.17, 15) is 18.0 Å². The minimum atomic E-state index is -4.42. The van der Waals surface area contributed by atoms with Crippen molar-refractivity contribution in [1.29, 1.82) is 0 Å². The highest BCUT2D eigenvalue weighted by atomic mass is 19.4. The maximum atomic E-state index is 12.6. The summed E-state index contributed by atoms with van der Waals surface area (Å²) in [4.78, 5) is 18.0. The number of hydrogen-bond acceptors (Lipinski definition) is 3. The summed E-state index contributed by atoms with van der Waals surface area (Å²) in [7, 11) is 0. The number of imidazole rings is 1. The average Bonchev–Trinajstić information content (AvgIpc) is 2.88. The molecule has 0 aliphatic rings. The Morgan fingerprint density at radius 2 is 2.15 bits per heavy atom. The van der Waals surface area contributed by atoms with Gasteiger partial charge >= 0.3 is 12.1 Å². The highest BCUT2D eigenvalue weighted by Crippen LogP contribution is 2.31. The first-order valence-electron chi connectivity index (χ1n) is 5.81. The van der Waals surface area contributed by atoms with Gasteiger partial charge in [-0.15, -0.1) is 0 Å². The molecule has 0 fully saturated rings. The fraction of sp³-hybridized carbons (Fsp3) is 0.231. The van der Waals surface area contributed by atoms with Crippen LogP contribution in [0.2, 0.25) is 0 Å². The summed E-state index contributed by atoms with van der Waals surface area (Å²) in [5.74, 6) is -0.419. The van der Waals surface area contributed by atoms with E-state index in [1.54, 1.807) is 6.92 Å². The predicted octanol–water partition coefficient (Wildman–Crippen LogP) is 3.27. The number of carbonyl (C=O) groups is 1. The van der Waals surface area contributed by atoms with Crippen molar-refractivity contribution in [3.05, 3.63) is 41.7 Å². The normalized spacial score (nSPS) is 11.4. The smallest absolute Gasteiger partial charge is 0.416 e. The van der Waals surface area contributed by atoms with Gasteiger partial charge in [0.2, 0.25) is 0 Å². The van der Waals surface area contributed by atoms with E-state index in [1.165, 1.54) is 18.3 Å². The minimum Gasteiger partial charge on any atom is -0.461 e. The van der Waals surface area contributed by atoms with Crippen LogP contribution >= 0.6 is 0 Å². The Hall–Kier alpha value is -2.31. The number of H-pyrrole nitrogens is 1. The lowest BCUT2D eigenvalue weighted by atomic mass is 10.1. The van der Waals surface area contributed by atoms with E-state index in [1.807, 2.05) is 0 Å². The predicted molar refractivity (Wildman–Crippen MR) is 65.0 cm³/mol. The number of rotatable bonds is 3. The summed E-state index contributed by atoms with van der Waals surface area (Å²) in [5.41, 5.74) is -0.432. The molecule has 0 atom stereocenters. The summed E-state index contributed by atoms with van der Waals surface area (Å²) in [6, 6.07) is 4.69. The molecule has 1 aromatic carbocycles. The second kappa shape index (κ2) is 5.36. The second-order valence-electron chi connectivity index (χ2n) is 3.94. The lowest BCUT2D eigenvalue weighted by Crippen LogP contribution is -2.05. The topological polar surface area (TPSA) is 55.0 Å². The third-order valence-corrected chi connectivity index (χ3v) is 2.53. The van der Waals surface area contributed by atoms with Gasteiger partial charge in [-0.1, -0.05) is 12.1 Å². The molecule has 1 aromatic heterocycles. The first-order valence-corrected chi connectivity index (χ1v) is 5.81. The fourth-order valence-electron chi connectivity index (χ4n) is 1.62. The first kappa shape index (κ1) is 14.1. The zero-order valence-electron chi connectivity index (χ0n) is 10.5. The quantitative estimate of drug-likeness (QED) is 0.880. The zero-order valence-corrected chi connectivity index (χ0v) is 10.5. The van der Waals surface area contributed by atoms with E-state index < -0.39 is 17.7 Å². The van der Waals surface area contributed by atoms with Gasteiger partial charge in [0.25, 0.3) is 0 Å². The highest BCUT2D eigenvalue weighted by Gasteiger charge is 2.30. The molecule has 106 valence electrons. The molecule has 0 aliphatic heterocycles. The first-order chi connectivity index (χ1) is 9.41. The lowest BCUT2D eigenvalue weighted by Gasteiger charge is -2.07. The Labute approximate surface area is 112 Å². The average molecular weight is 284 g/mol. The van der Waals surface area contributed by atoms with Crippen molar-refractivity contribution in [2.75, 3.05) is 6.61 Å². The second-order valence-corrected chi connectivity index (χ2v) is 3.94. The van der Waals surface area contributed by atoms with Crippen LogP contribution < -0.4 is 0 Å². The number of ether oxygens (including phenoxy) is 1. The van der Waals surface area contributed by atoms with E-state index in [0.717, 1.165) is 12.1 Å². The van der Waals surface area contributed by atoms with Crippen LogP contribution in [-0.2, 0) is 10.9 Å². The largest absolute Gasteiger partial charge is 0.461 e. The molecule has 7 heteroatoms. The number of aromatic amines is 1. The third-order valence-electron chi connectivity index (χ3n) is 2.53. The van der Waals surface area contributed by atoms with Crippen molar-refractivity contribution < 1.29 is 22.7 Å². The van der Waals surface area contributed by atoms with Crippen molar-refractivity contribution in [2.45, 2.75) is 13.1 Å². The number of nitrogens with zero attached hydrogens (tertiary/aromatic N) is 1. The number of hydrogen-bond donors (Lipinski definition) is 1. The molecular weight excluding hydrogens is 273 g/mol. The van der Waals surface area contributed by atoms with Crippen LogP contribution in [0.15, 0.2) is 30.5 Å². The van der Waals surface area contributed by atoms with Gasteiger partial charge in [-0.2, -0.15) is 13.2 Å². The number of carbonyl (C=O) groups excluding carboxylic acids is 1. The van der Waals surface area contributed by atoms with Crippen LogP contribution in [0, 0.1) is 0 Å². The number of nitrogens with one attached hydrogen (secondary N) is 1. The van der Waals surface area contributed by atoms with Crippen LogP contribution in [-0.4, -0.2) is 22.5 Å². The van der Waals surface area contributed by atoms with Gasteiger partial charge < -0.3 is 9.72 Å². The summed E-state index contributed by atoms with van der Waals surface area (Å²) in [5, 5.41) is 0. The highest BCUT2D eigenvalue weighted by molar-refractivity contribution is 5.87. The van der Waals surface area contributed by atoms with Crippen LogP contribution in [0.5, 0.6) is 0 Å². The molecule has 2 aromatic rings. The standard InChI is InChI=1S/C13H11F3N2O2/c1-2-20-12(19)10-7-17-11(18-10)8-4-3-5-9(6-8)13(14,15)16/h3-7H,2H2,1H3,(H,17,18). The summed E-state index contributed by atoms with van der Waals surface area (Å²) >= 11 is 0. The summed E-state index contributed by atoms with van der Waals surface area (Å²) < 4.78 is 42.6. The van der Waals surface area contributed by atoms with Gasteiger partial charge in [0.05, 0.1) is 18.4 Å². The maximum Gasteiger partial charge on any atom is 0.416 e. The van der Waals surface area contributed by atoms with E-state index in [2.05, 4.69) is 9.97 Å². The summed E-state index contributed by atoms with van der Waals surface area (Å²) in [6.07, 6.45) is -3.19. The molecule has 1 N–H and O–H groups in total. The zero-order chi connectivity index (χ0) is 14.8. The Kier molecular flexibility index (Phi) is 3.78. The molecule has 2 rings (SSSR count). The monoisotopic (exact) mass is 284 g/mol.